The lowest BCUT2D eigenvalue weighted by Gasteiger charge is -2.06. The van der Waals surface area contributed by atoms with Crippen LogP contribution in [-0.4, -0.2) is 23.2 Å². The summed E-state index contributed by atoms with van der Waals surface area (Å²) in [6, 6.07) is 4.42. The molecule has 0 bridgehead atoms. The highest BCUT2D eigenvalue weighted by molar-refractivity contribution is 7.17. The molecule has 1 aromatic carbocycles. The van der Waals surface area contributed by atoms with Crippen LogP contribution in [0.1, 0.15) is 15.4 Å². The van der Waals surface area contributed by atoms with E-state index in [0.29, 0.717) is 16.5 Å². The minimum Gasteiger partial charge on any atom is -0.496 e. The third kappa shape index (κ3) is 2.06. The number of thiazole rings is 1. The maximum absolute atomic E-state index is 13.8. The summed E-state index contributed by atoms with van der Waals surface area (Å²) in [5.41, 5.74) is 0.563. The van der Waals surface area contributed by atoms with Crippen LogP contribution < -0.4 is 4.74 Å². The van der Waals surface area contributed by atoms with Crippen LogP contribution in [0.15, 0.2) is 18.2 Å². The lowest BCUT2D eigenvalue weighted by molar-refractivity contribution is 0.0701. The smallest absolute Gasteiger partial charge is 0.347 e. The van der Waals surface area contributed by atoms with E-state index in [0.717, 1.165) is 11.3 Å². The number of hydrogen-bond acceptors (Lipinski definition) is 4. The first-order chi connectivity index (χ1) is 8.54. The molecule has 0 radical (unpaired) electrons. The zero-order valence-electron chi connectivity index (χ0n) is 9.73. The van der Waals surface area contributed by atoms with Crippen LogP contribution in [0.3, 0.4) is 0 Å². The van der Waals surface area contributed by atoms with E-state index in [1.807, 2.05) is 0 Å². The molecule has 0 spiro atoms. The number of benzene rings is 1. The lowest BCUT2D eigenvalue weighted by Crippen LogP contribution is -1.94. The van der Waals surface area contributed by atoms with Crippen molar-refractivity contribution in [3.63, 3.8) is 0 Å². The summed E-state index contributed by atoms with van der Waals surface area (Å²) in [4.78, 5) is 15.1. The van der Waals surface area contributed by atoms with E-state index < -0.39 is 11.8 Å². The van der Waals surface area contributed by atoms with Crippen molar-refractivity contribution in [1.29, 1.82) is 0 Å². The van der Waals surface area contributed by atoms with Gasteiger partial charge in [0.25, 0.3) is 0 Å². The first-order valence-corrected chi connectivity index (χ1v) is 5.90. The largest absolute Gasteiger partial charge is 0.496 e. The van der Waals surface area contributed by atoms with E-state index in [4.69, 9.17) is 9.84 Å². The normalized spacial score (nSPS) is 10.4. The number of halogens is 1. The molecule has 1 N–H and O–H groups in total. The zero-order valence-corrected chi connectivity index (χ0v) is 10.5. The summed E-state index contributed by atoms with van der Waals surface area (Å²) in [6.45, 7) is 1.58. The maximum atomic E-state index is 13.8. The summed E-state index contributed by atoms with van der Waals surface area (Å²) in [5.74, 6) is -1.22. The van der Waals surface area contributed by atoms with E-state index in [1.165, 1.54) is 19.2 Å². The number of aryl methyl sites for hydroxylation is 1. The number of hydrogen-bond donors (Lipinski definition) is 1. The highest BCUT2D eigenvalue weighted by Crippen LogP contribution is 2.36. The number of nitrogens with zero attached hydrogens (tertiary/aromatic N) is 1. The Balaban J connectivity index is 2.62. The van der Waals surface area contributed by atoms with E-state index >= 15 is 0 Å². The number of aromatic carboxylic acids is 1. The Morgan fingerprint density at radius 3 is 2.78 bits per heavy atom. The number of rotatable bonds is 3. The molecule has 6 heteroatoms. The highest BCUT2D eigenvalue weighted by atomic mass is 32.1. The standard InChI is InChI=1S/C12H10FNO3S/c1-6-10(12(15)16)18-11(14-6)9-7(13)4-3-5-8(9)17-2/h3-5H,1-2H3,(H,15,16). The molecule has 1 aromatic heterocycles. The molecule has 0 atom stereocenters. The Kier molecular flexibility index (Phi) is 3.29. The Labute approximate surface area is 107 Å². The monoisotopic (exact) mass is 267 g/mol. The number of methoxy groups -OCH3 is 1. The molecule has 2 rings (SSSR count). The van der Waals surface area contributed by atoms with E-state index in [2.05, 4.69) is 4.98 Å². The Hall–Kier alpha value is -1.95. The van der Waals surface area contributed by atoms with Gasteiger partial charge in [0.1, 0.15) is 21.5 Å². The highest BCUT2D eigenvalue weighted by Gasteiger charge is 2.20. The topological polar surface area (TPSA) is 59.4 Å². The van der Waals surface area contributed by atoms with Crippen molar-refractivity contribution < 1.29 is 19.0 Å². The van der Waals surface area contributed by atoms with Gasteiger partial charge in [0.15, 0.2) is 0 Å². The van der Waals surface area contributed by atoms with Crippen molar-refractivity contribution in [2.24, 2.45) is 0 Å². The van der Waals surface area contributed by atoms with Crippen LogP contribution in [0.4, 0.5) is 4.39 Å². The van der Waals surface area contributed by atoms with Gasteiger partial charge in [-0.15, -0.1) is 11.3 Å². The molecule has 0 unspecified atom stereocenters. The molecule has 1 heterocycles. The minimum atomic E-state index is -1.06. The first-order valence-electron chi connectivity index (χ1n) is 5.08. The van der Waals surface area contributed by atoms with Gasteiger partial charge in [-0.3, -0.25) is 0 Å². The van der Waals surface area contributed by atoms with Crippen LogP contribution in [0.2, 0.25) is 0 Å². The second-order valence-electron chi connectivity index (χ2n) is 3.56. The second-order valence-corrected chi connectivity index (χ2v) is 4.55. The zero-order chi connectivity index (χ0) is 13.3. The minimum absolute atomic E-state index is 0.107. The third-order valence-electron chi connectivity index (χ3n) is 2.40. The van der Waals surface area contributed by atoms with Crippen molar-refractivity contribution in [2.45, 2.75) is 6.92 Å². The molecule has 0 saturated carbocycles. The average Bonchev–Trinajstić information content (AvgIpc) is 2.70. The molecule has 0 fully saturated rings. The van der Waals surface area contributed by atoms with Crippen LogP contribution in [0.5, 0.6) is 5.75 Å². The SMILES string of the molecule is COc1cccc(F)c1-c1nc(C)c(C(=O)O)s1. The molecular formula is C12H10FNO3S. The van der Waals surface area contributed by atoms with Gasteiger partial charge in [-0.05, 0) is 19.1 Å². The van der Waals surface area contributed by atoms with Crippen molar-refractivity contribution in [3.8, 4) is 16.3 Å². The van der Waals surface area contributed by atoms with Crippen LogP contribution in [-0.2, 0) is 0 Å². The fourth-order valence-corrected chi connectivity index (χ4v) is 2.54. The van der Waals surface area contributed by atoms with Gasteiger partial charge in [0.2, 0.25) is 0 Å². The van der Waals surface area contributed by atoms with Crippen LogP contribution in [0, 0.1) is 12.7 Å². The van der Waals surface area contributed by atoms with Gasteiger partial charge >= 0.3 is 5.97 Å². The van der Waals surface area contributed by atoms with Crippen molar-refractivity contribution >= 4 is 17.3 Å². The summed E-state index contributed by atoms with van der Waals surface area (Å²) >= 11 is 0.934. The summed E-state index contributed by atoms with van der Waals surface area (Å²) in [6.07, 6.45) is 0. The van der Waals surface area contributed by atoms with Crippen LogP contribution >= 0.6 is 11.3 Å². The maximum Gasteiger partial charge on any atom is 0.347 e. The second kappa shape index (κ2) is 4.73. The molecule has 0 aliphatic carbocycles. The number of carboxylic acids is 1. The molecule has 0 aliphatic rings. The molecule has 0 amide bonds. The van der Waals surface area contributed by atoms with Crippen LogP contribution in [0.25, 0.3) is 10.6 Å². The summed E-state index contributed by atoms with van der Waals surface area (Å²) in [5, 5.41) is 9.27. The van der Waals surface area contributed by atoms with E-state index in [1.54, 1.807) is 13.0 Å². The van der Waals surface area contributed by atoms with Gasteiger partial charge in [0, 0.05) is 0 Å². The van der Waals surface area contributed by atoms with Crippen molar-refractivity contribution in [2.75, 3.05) is 7.11 Å². The predicted molar refractivity (Wildman–Crippen MR) is 65.8 cm³/mol. The number of carbonyl (C=O) groups is 1. The summed E-state index contributed by atoms with van der Waals surface area (Å²) in [7, 11) is 1.43. The molecule has 0 aliphatic heterocycles. The van der Waals surface area contributed by atoms with Gasteiger partial charge in [-0.2, -0.15) is 0 Å². The molecule has 18 heavy (non-hydrogen) atoms. The number of ether oxygens (including phenoxy) is 1. The molecule has 4 nitrogen and oxygen atoms in total. The van der Waals surface area contributed by atoms with Gasteiger partial charge in [0.05, 0.1) is 18.4 Å². The first kappa shape index (κ1) is 12.5. The fraction of sp³-hybridized carbons (Fsp3) is 0.167. The molecular weight excluding hydrogens is 257 g/mol. The summed E-state index contributed by atoms with van der Waals surface area (Å²) < 4.78 is 18.9. The van der Waals surface area contributed by atoms with Crippen molar-refractivity contribution in [1.82, 2.24) is 4.98 Å². The Morgan fingerprint density at radius 1 is 1.50 bits per heavy atom. The number of carboxylic acid groups (broad SMARTS) is 1. The average molecular weight is 267 g/mol. The number of aromatic nitrogens is 1. The Morgan fingerprint density at radius 2 is 2.22 bits per heavy atom. The molecule has 94 valence electrons. The predicted octanol–water partition coefficient (Wildman–Crippen LogP) is 2.96. The van der Waals surface area contributed by atoms with E-state index in [-0.39, 0.29) is 10.4 Å². The van der Waals surface area contributed by atoms with Gasteiger partial charge in [-0.25, -0.2) is 14.2 Å². The van der Waals surface area contributed by atoms with Gasteiger partial charge in [-0.1, -0.05) is 6.07 Å². The Bertz CT molecular complexity index is 609. The van der Waals surface area contributed by atoms with Gasteiger partial charge < -0.3 is 9.84 Å². The fourth-order valence-electron chi connectivity index (χ4n) is 1.58. The third-order valence-corrected chi connectivity index (χ3v) is 3.56. The van der Waals surface area contributed by atoms with Crippen molar-refractivity contribution in [3.05, 3.63) is 34.6 Å². The lowest BCUT2D eigenvalue weighted by atomic mass is 10.2. The quantitative estimate of drug-likeness (QED) is 0.928. The molecule has 2 aromatic rings. The van der Waals surface area contributed by atoms with E-state index in [9.17, 15) is 9.18 Å². The molecule has 0 saturated heterocycles.